The molecule has 3 aliphatic rings. The Morgan fingerprint density at radius 2 is 1.76 bits per heavy atom. The van der Waals surface area contributed by atoms with Crippen molar-refractivity contribution in [2.45, 2.75) is 63.9 Å². The van der Waals surface area contributed by atoms with Gasteiger partial charge in [-0.15, -0.1) is 0 Å². The van der Waals surface area contributed by atoms with Crippen molar-refractivity contribution in [2.75, 3.05) is 6.61 Å². The molecular weight excluding hydrogens is 408 g/mol. The highest BCUT2D eigenvalue weighted by Crippen LogP contribution is 2.62. The van der Waals surface area contributed by atoms with Crippen molar-refractivity contribution in [3.63, 3.8) is 0 Å². The number of carbonyl (C=O) groups excluding carboxylic acids is 1. The lowest BCUT2D eigenvalue weighted by molar-refractivity contribution is -0.161. The molecule has 33 heavy (non-hydrogen) atoms. The van der Waals surface area contributed by atoms with Crippen molar-refractivity contribution >= 4 is 16.7 Å². The highest BCUT2D eigenvalue weighted by molar-refractivity contribution is 5.92. The third-order valence-electron chi connectivity index (χ3n) is 8.32. The van der Waals surface area contributed by atoms with Gasteiger partial charge in [0, 0.05) is 5.39 Å². The lowest BCUT2D eigenvalue weighted by atomic mass is 9.96. The fourth-order valence-electron chi connectivity index (χ4n) is 6.60. The molecule has 0 saturated heterocycles. The molecular formula is C30H32O3. The fourth-order valence-corrected chi connectivity index (χ4v) is 6.60. The summed E-state index contributed by atoms with van der Waals surface area (Å²) in [7, 11) is 0. The van der Waals surface area contributed by atoms with E-state index < -0.39 is 5.60 Å². The van der Waals surface area contributed by atoms with Crippen molar-refractivity contribution in [2.24, 2.45) is 11.8 Å². The quantitative estimate of drug-likeness (QED) is 0.408. The van der Waals surface area contributed by atoms with E-state index in [4.69, 9.17) is 9.47 Å². The van der Waals surface area contributed by atoms with Crippen LogP contribution in [0.1, 0.15) is 67.2 Å². The average Bonchev–Trinajstić information content (AvgIpc) is 3.47. The minimum absolute atomic E-state index is 0.0746. The second kappa shape index (κ2) is 7.90. The number of hydrogen-bond acceptors (Lipinski definition) is 3. The van der Waals surface area contributed by atoms with Crippen LogP contribution in [-0.2, 0) is 21.6 Å². The van der Waals surface area contributed by atoms with Gasteiger partial charge in [0.1, 0.15) is 11.4 Å². The maximum atomic E-state index is 12.8. The maximum absolute atomic E-state index is 12.8. The van der Waals surface area contributed by atoms with Crippen LogP contribution >= 0.6 is 0 Å². The van der Waals surface area contributed by atoms with Gasteiger partial charge in [0.15, 0.2) is 6.61 Å². The summed E-state index contributed by atoms with van der Waals surface area (Å²) < 4.78 is 12.0. The van der Waals surface area contributed by atoms with Crippen LogP contribution in [0.15, 0.2) is 54.6 Å². The summed E-state index contributed by atoms with van der Waals surface area (Å²) >= 11 is 0. The summed E-state index contributed by atoms with van der Waals surface area (Å²) in [6, 6.07) is 19.2. The molecule has 3 aromatic rings. The predicted molar refractivity (Wildman–Crippen MR) is 131 cm³/mol. The smallest absolute Gasteiger partial charge is 0.345 e. The molecule has 0 spiro atoms. The molecule has 0 bridgehead atoms. The van der Waals surface area contributed by atoms with Gasteiger partial charge in [0.05, 0.1) is 0 Å². The zero-order chi connectivity index (χ0) is 22.6. The Hall–Kier alpha value is -2.81. The Kier molecular flexibility index (Phi) is 4.97. The van der Waals surface area contributed by atoms with E-state index >= 15 is 0 Å². The van der Waals surface area contributed by atoms with Crippen molar-refractivity contribution in [3.05, 3.63) is 76.9 Å². The van der Waals surface area contributed by atoms with Crippen LogP contribution < -0.4 is 4.74 Å². The van der Waals surface area contributed by atoms with Gasteiger partial charge in [-0.1, -0.05) is 66.9 Å². The minimum Gasteiger partial charge on any atom is -0.481 e. The Morgan fingerprint density at radius 1 is 1.00 bits per heavy atom. The summed E-state index contributed by atoms with van der Waals surface area (Å²) in [5.41, 5.74) is 4.49. The van der Waals surface area contributed by atoms with Crippen molar-refractivity contribution in [3.8, 4) is 5.75 Å². The molecule has 170 valence electrons. The van der Waals surface area contributed by atoms with Crippen LogP contribution in [0.4, 0.5) is 0 Å². The first kappa shape index (κ1) is 20.8. The molecule has 2 fully saturated rings. The highest BCUT2D eigenvalue weighted by Gasteiger charge is 2.51. The number of benzene rings is 3. The predicted octanol–water partition coefficient (Wildman–Crippen LogP) is 6.84. The third-order valence-corrected chi connectivity index (χ3v) is 8.32. The molecule has 3 heteroatoms. The molecule has 0 N–H and O–H groups in total. The Labute approximate surface area is 196 Å². The third kappa shape index (κ3) is 3.62. The molecule has 0 aromatic heterocycles. The van der Waals surface area contributed by atoms with Crippen LogP contribution in [0.2, 0.25) is 0 Å². The van der Waals surface area contributed by atoms with E-state index in [-0.39, 0.29) is 12.6 Å². The summed E-state index contributed by atoms with van der Waals surface area (Å²) in [5.74, 6) is 2.88. The second-order valence-electron chi connectivity index (χ2n) is 10.5. The SMILES string of the molecule is Cc1ccc2c(c1)C(C)(OC(=O)COc1ccc(C3C4CCCCC43)c3ccccc13)CC2. The Balaban J connectivity index is 1.19. The second-order valence-corrected chi connectivity index (χ2v) is 10.5. The van der Waals surface area contributed by atoms with Crippen molar-refractivity contribution in [1.29, 1.82) is 0 Å². The zero-order valence-corrected chi connectivity index (χ0v) is 19.6. The zero-order valence-electron chi connectivity index (χ0n) is 19.6. The minimum atomic E-state index is -0.573. The Morgan fingerprint density at radius 3 is 2.55 bits per heavy atom. The fraction of sp³-hybridized carbons (Fsp3) is 0.433. The number of aryl methyl sites for hydroxylation is 2. The average molecular weight is 441 g/mol. The van der Waals surface area contributed by atoms with Crippen LogP contribution in [0.5, 0.6) is 5.75 Å². The number of fused-ring (bicyclic) bond motifs is 3. The molecule has 2 saturated carbocycles. The molecule has 0 heterocycles. The van der Waals surface area contributed by atoms with Crippen LogP contribution in [-0.4, -0.2) is 12.6 Å². The number of carbonyl (C=O) groups is 1. The van der Waals surface area contributed by atoms with Gasteiger partial charge in [0.2, 0.25) is 0 Å². The molecule has 3 nitrogen and oxygen atoms in total. The van der Waals surface area contributed by atoms with Gasteiger partial charge in [-0.05, 0) is 85.4 Å². The largest absolute Gasteiger partial charge is 0.481 e. The molecule has 3 unspecified atom stereocenters. The maximum Gasteiger partial charge on any atom is 0.345 e. The van der Waals surface area contributed by atoms with Gasteiger partial charge >= 0.3 is 5.97 Å². The normalized spacial score (nSPS) is 27.6. The molecule has 3 atom stereocenters. The highest BCUT2D eigenvalue weighted by atomic mass is 16.6. The lowest BCUT2D eigenvalue weighted by Crippen LogP contribution is -2.29. The molecule has 3 aromatic carbocycles. The molecule has 6 rings (SSSR count). The molecule has 3 aliphatic carbocycles. The van der Waals surface area contributed by atoms with Crippen LogP contribution in [0.25, 0.3) is 10.8 Å². The van der Waals surface area contributed by atoms with Gasteiger partial charge in [-0.2, -0.15) is 0 Å². The number of ether oxygens (including phenoxy) is 2. The summed E-state index contributed by atoms with van der Waals surface area (Å²) in [6.07, 6.45) is 7.25. The number of rotatable bonds is 5. The first-order chi connectivity index (χ1) is 16.0. The summed E-state index contributed by atoms with van der Waals surface area (Å²) in [5, 5.41) is 2.37. The molecule has 0 amide bonds. The first-order valence-electron chi connectivity index (χ1n) is 12.5. The number of esters is 1. The summed E-state index contributed by atoms with van der Waals surface area (Å²) in [6.45, 7) is 4.03. The monoisotopic (exact) mass is 440 g/mol. The van der Waals surface area contributed by atoms with Gasteiger partial charge in [-0.3, -0.25) is 0 Å². The topological polar surface area (TPSA) is 35.5 Å². The van der Waals surface area contributed by atoms with E-state index in [2.05, 4.69) is 61.5 Å². The van der Waals surface area contributed by atoms with E-state index in [1.165, 1.54) is 47.8 Å². The van der Waals surface area contributed by atoms with Crippen LogP contribution in [0, 0.1) is 18.8 Å². The van der Waals surface area contributed by atoms with Crippen LogP contribution in [0.3, 0.4) is 0 Å². The standard InChI is InChI=1S/C30H32O3/c1-19-11-12-20-15-16-30(2,26(20)17-19)33-28(31)18-32-27-14-13-25(21-7-3-4-8-22(21)27)29-23-9-5-6-10-24(23)29/h3-4,7-8,11-14,17,23-24,29H,5-6,9-10,15-16,18H2,1-2H3. The van der Waals surface area contributed by atoms with E-state index in [1.54, 1.807) is 0 Å². The van der Waals surface area contributed by atoms with E-state index in [1.807, 2.05) is 6.92 Å². The van der Waals surface area contributed by atoms with Gasteiger partial charge in [0.25, 0.3) is 0 Å². The molecule has 0 aliphatic heterocycles. The molecule has 0 radical (unpaired) electrons. The van der Waals surface area contributed by atoms with Gasteiger partial charge < -0.3 is 9.47 Å². The first-order valence-corrected chi connectivity index (χ1v) is 12.5. The van der Waals surface area contributed by atoms with E-state index in [9.17, 15) is 4.79 Å². The Bertz CT molecular complexity index is 1220. The van der Waals surface area contributed by atoms with E-state index in [0.29, 0.717) is 5.92 Å². The van der Waals surface area contributed by atoms with Crippen molar-refractivity contribution < 1.29 is 14.3 Å². The lowest BCUT2D eigenvalue weighted by Gasteiger charge is -2.26. The summed E-state index contributed by atoms with van der Waals surface area (Å²) in [4.78, 5) is 12.8. The van der Waals surface area contributed by atoms with Crippen molar-refractivity contribution in [1.82, 2.24) is 0 Å². The number of hydrogen-bond donors (Lipinski definition) is 0. The van der Waals surface area contributed by atoms with E-state index in [0.717, 1.165) is 41.4 Å². The van der Waals surface area contributed by atoms with Gasteiger partial charge in [-0.25, -0.2) is 4.79 Å².